The van der Waals surface area contributed by atoms with Crippen LogP contribution >= 0.6 is 0 Å². The molecule has 164 valence electrons. The summed E-state index contributed by atoms with van der Waals surface area (Å²) in [5.41, 5.74) is 12.4. The van der Waals surface area contributed by atoms with Crippen LogP contribution in [0.25, 0.3) is 11.8 Å². The number of amides is 1. The lowest BCUT2D eigenvalue weighted by Crippen LogP contribution is -2.41. The molecule has 1 aliphatic heterocycles. The Morgan fingerprint density at radius 1 is 1.19 bits per heavy atom. The predicted octanol–water partition coefficient (Wildman–Crippen LogP) is 3.35. The van der Waals surface area contributed by atoms with Gasteiger partial charge in [-0.15, -0.1) is 0 Å². The van der Waals surface area contributed by atoms with Crippen LogP contribution in [-0.4, -0.2) is 38.0 Å². The van der Waals surface area contributed by atoms with E-state index in [9.17, 15) is 4.79 Å². The summed E-state index contributed by atoms with van der Waals surface area (Å²) in [7, 11) is 0. The molecule has 3 aromatic rings. The molecule has 1 saturated heterocycles. The molecule has 8 nitrogen and oxygen atoms in total. The smallest absolute Gasteiger partial charge is 0.240 e. The van der Waals surface area contributed by atoms with E-state index in [1.165, 1.54) is 16.7 Å². The van der Waals surface area contributed by atoms with E-state index >= 15 is 0 Å². The lowest BCUT2D eigenvalue weighted by molar-refractivity contribution is -0.119. The molecule has 1 aromatic carbocycles. The quantitative estimate of drug-likeness (QED) is 0.645. The third-order valence-corrected chi connectivity index (χ3v) is 6.50. The molecule has 1 aliphatic carbocycles. The zero-order chi connectivity index (χ0) is 22.4. The Morgan fingerprint density at radius 2 is 1.97 bits per heavy atom. The number of benzene rings is 1. The van der Waals surface area contributed by atoms with Crippen molar-refractivity contribution in [1.82, 2.24) is 19.5 Å². The summed E-state index contributed by atoms with van der Waals surface area (Å²) >= 11 is 0. The van der Waals surface area contributed by atoms with Crippen molar-refractivity contribution >= 4 is 29.6 Å². The van der Waals surface area contributed by atoms with Crippen LogP contribution in [0.3, 0.4) is 0 Å². The van der Waals surface area contributed by atoms with Gasteiger partial charge >= 0.3 is 0 Å². The third kappa shape index (κ3) is 3.51. The zero-order valence-electron chi connectivity index (χ0n) is 18.6. The zero-order valence-corrected chi connectivity index (χ0v) is 18.6. The van der Waals surface area contributed by atoms with Crippen molar-refractivity contribution in [2.24, 2.45) is 5.73 Å². The summed E-state index contributed by atoms with van der Waals surface area (Å²) in [6.45, 7) is 7.10. The molecule has 0 spiro atoms. The number of anilines is 3. The van der Waals surface area contributed by atoms with Gasteiger partial charge in [-0.05, 0) is 74.9 Å². The first-order valence-electron chi connectivity index (χ1n) is 10.9. The van der Waals surface area contributed by atoms with Crippen molar-refractivity contribution in [1.29, 1.82) is 0 Å². The van der Waals surface area contributed by atoms with Gasteiger partial charge in [0.1, 0.15) is 24.0 Å². The number of nitrogens with two attached hydrogens (primary N) is 1. The molecule has 3 heterocycles. The Bertz CT molecular complexity index is 1220. The SMILES string of the molecule is Cc1cc(-n2cnc(Nc3nc(N4CCC[C@H]4C(N)=O)nc4c3CC=C4)c2)cc(C)c1C. The number of carbonyl (C=O) groups is 1. The number of carbonyl (C=O) groups excluding carboxylic acids is 1. The van der Waals surface area contributed by atoms with Gasteiger partial charge in [0, 0.05) is 17.8 Å². The van der Waals surface area contributed by atoms with E-state index in [-0.39, 0.29) is 11.9 Å². The van der Waals surface area contributed by atoms with Crippen molar-refractivity contribution in [3.63, 3.8) is 0 Å². The van der Waals surface area contributed by atoms with E-state index in [2.05, 4.69) is 49.3 Å². The molecule has 5 rings (SSSR count). The highest BCUT2D eigenvalue weighted by atomic mass is 16.1. The van der Waals surface area contributed by atoms with Crippen molar-refractivity contribution in [3.05, 3.63) is 58.7 Å². The Balaban J connectivity index is 1.47. The maximum Gasteiger partial charge on any atom is 0.240 e. The number of nitrogens with zero attached hydrogens (tertiary/aromatic N) is 5. The van der Waals surface area contributed by atoms with Gasteiger partial charge in [-0.25, -0.2) is 9.97 Å². The van der Waals surface area contributed by atoms with Crippen LogP contribution in [0.4, 0.5) is 17.6 Å². The van der Waals surface area contributed by atoms with Crippen LogP contribution < -0.4 is 16.0 Å². The molecule has 2 aromatic heterocycles. The van der Waals surface area contributed by atoms with Gasteiger partial charge < -0.3 is 20.5 Å². The van der Waals surface area contributed by atoms with Crippen molar-refractivity contribution in [2.75, 3.05) is 16.8 Å². The second kappa shape index (κ2) is 7.78. The number of aryl methyl sites for hydroxylation is 2. The standard InChI is InChI=1S/C24H27N7O/c1-14-10-17(11-15(2)16(14)3)30-12-21(26-13-30)28-23-18-6-4-7-19(18)27-24(29-23)31-9-5-8-20(31)22(25)32/h4,7,10-13,20H,5-6,8-9H2,1-3H3,(H2,25,32)(H,27,28,29)/t20-/m0/s1. The molecule has 0 unspecified atom stereocenters. The minimum Gasteiger partial charge on any atom is -0.368 e. The molecule has 1 atom stereocenters. The van der Waals surface area contributed by atoms with Gasteiger partial charge in [0.2, 0.25) is 11.9 Å². The topological polar surface area (TPSA) is 102 Å². The number of allylic oxidation sites excluding steroid dienone is 1. The first-order chi connectivity index (χ1) is 15.4. The third-order valence-electron chi connectivity index (χ3n) is 6.50. The molecular formula is C24H27N7O. The van der Waals surface area contributed by atoms with Gasteiger partial charge in [0.05, 0.1) is 11.9 Å². The van der Waals surface area contributed by atoms with E-state index in [1.807, 2.05) is 21.7 Å². The summed E-state index contributed by atoms with van der Waals surface area (Å²) in [6.07, 6.45) is 10.2. The molecule has 0 saturated carbocycles. The number of primary amides is 1. The number of aromatic nitrogens is 4. The Labute approximate surface area is 187 Å². The normalized spacial score (nSPS) is 17.1. The fourth-order valence-electron chi connectivity index (χ4n) is 4.46. The van der Waals surface area contributed by atoms with Gasteiger partial charge in [0.25, 0.3) is 0 Å². The lowest BCUT2D eigenvalue weighted by Gasteiger charge is -2.23. The summed E-state index contributed by atoms with van der Waals surface area (Å²) in [6, 6.07) is 3.96. The number of hydrogen-bond acceptors (Lipinski definition) is 6. The van der Waals surface area contributed by atoms with E-state index in [0.29, 0.717) is 17.6 Å². The predicted molar refractivity (Wildman–Crippen MR) is 125 cm³/mol. The minimum atomic E-state index is -0.362. The summed E-state index contributed by atoms with van der Waals surface area (Å²) in [4.78, 5) is 27.8. The molecule has 1 amide bonds. The first kappa shape index (κ1) is 20.2. The van der Waals surface area contributed by atoms with Gasteiger partial charge in [0.15, 0.2) is 0 Å². The number of nitrogens with one attached hydrogen (secondary N) is 1. The minimum absolute atomic E-state index is 0.334. The highest BCUT2D eigenvalue weighted by molar-refractivity contribution is 5.84. The number of imidazole rings is 1. The van der Waals surface area contributed by atoms with E-state index in [1.54, 1.807) is 6.33 Å². The average Bonchev–Trinajstić information content (AvgIpc) is 3.51. The number of hydrogen-bond donors (Lipinski definition) is 2. The molecule has 0 bridgehead atoms. The highest BCUT2D eigenvalue weighted by Crippen LogP contribution is 2.31. The fourth-order valence-corrected chi connectivity index (χ4v) is 4.46. The van der Waals surface area contributed by atoms with Crippen LogP contribution in [-0.2, 0) is 11.2 Å². The maximum absolute atomic E-state index is 11.9. The Morgan fingerprint density at radius 3 is 2.72 bits per heavy atom. The van der Waals surface area contributed by atoms with Crippen LogP contribution in [0.15, 0.2) is 30.7 Å². The number of rotatable bonds is 5. The second-order valence-corrected chi connectivity index (χ2v) is 8.59. The highest BCUT2D eigenvalue weighted by Gasteiger charge is 2.32. The van der Waals surface area contributed by atoms with E-state index in [4.69, 9.17) is 15.7 Å². The van der Waals surface area contributed by atoms with E-state index < -0.39 is 0 Å². The summed E-state index contributed by atoms with van der Waals surface area (Å²) in [5, 5.41) is 3.38. The van der Waals surface area contributed by atoms with Crippen LogP contribution in [0.1, 0.15) is 40.8 Å². The Kier molecular flexibility index (Phi) is 4.92. The van der Waals surface area contributed by atoms with Crippen LogP contribution in [0.2, 0.25) is 0 Å². The van der Waals surface area contributed by atoms with Crippen molar-refractivity contribution in [2.45, 2.75) is 46.1 Å². The van der Waals surface area contributed by atoms with E-state index in [0.717, 1.165) is 42.8 Å². The molecule has 1 fully saturated rings. The summed E-state index contributed by atoms with van der Waals surface area (Å²) in [5.74, 6) is 1.61. The van der Waals surface area contributed by atoms with Crippen molar-refractivity contribution in [3.8, 4) is 5.69 Å². The van der Waals surface area contributed by atoms with Gasteiger partial charge in [-0.3, -0.25) is 4.79 Å². The monoisotopic (exact) mass is 429 g/mol. The van der Waals surface area contributed by atoms with Crippen LogP contribution in [0, 0.1) is 20.8 Å². The molecule has 0 radical (unpaired) electrons. The number of fused-ring (bicyclic) bond motifs is 1. The second-order valence-electron chi connectivity index (χ2n) is 8.59. The summed E-state index contributed by atoms with van der Waals surface area (Å²) < 4.78 is 2.01. The lowest BCUT2D eigenvalue weighted by atomic mass is 10.0. The molecule has 3 N–H and O–H groups in total. The van der Waals surface area contributed by atoms with Crippen LogP contribution in [0.5, 0.6) is 0 Å². The van der Waals surface area contributed by atoms with Crippen molar-refractivity contribution < 1.29 is 4.79 Å². The molecule has 32 heavy (non-hydrogen) atoms. The Hall–Kier alpha value is -3.68. The van der Waals surface area contributed by atoms with Gasteiger partial charge in [-0.2, -0.15) is 4.98 Å². The largest absolute Gasteiger partial charge is 0.368 e. The fraction of sp³-hybridized carbons (Fsp3) is 0.333. The van der Waals surface area contributed by atoms with Gasteiger partial charge in [-0.1, -0.05) is 6.08 Å². The molecular weight excluding hydrogens is 402 g/mol. The maximum atomic E-state index is 11.9. The average molecular weight is 430 g/mol. The first-order valence-corrected chi connectivity index (χ1v) is 10.9. The molecule has 8 heteroatoms. The molecule has 2 aliphatic rings.